The maximum Gasteiger partial charge on any atom is 0.339 e. The van der Waals surface area contributed by atoms with E-state index in [-0.39, 0.29) is 48.5 Å². The van der Waals surface area contributed by atoms with Gasteiger partial charge in [0.15, 0.2) is 17.5 Å². The van der Waals surface area contributed by atoms with Gasteiger partial charge in [0.25, 0.3) is 0 Å². The highest BCUT2D eigenvalue weighted by Gasteiger charge is 2.95. The fraction of sp³-hybridized carbons (Fsp3) is 0.721. The largest absolute Gasteiger partial charge is 0.469 e. The van der Waals surface area contributed by atoms with Gasteiger partial charge in [-0.15, -0.1) is 0 Å². The smallest absolute Gasteiger partial charge is 0.339 e. The normalized spacial score (nSPS) is 49.8. The monoisotopic (exact) mass is 995 g/mol. The number of carbonyl (C=O) groups is 3. The molecule has 5 saturated heterocycles. The molecule has 20 atom stereocenters. The number of furan rings is 1. The number of nitrogens with one attached hydrogen (secondary N) is 1. The SMILES string of the molecule is CC1(C)O[C@H]2C3(CCCC3)C(=O)OC[C@@]23[C@@H]1C(=O)[C@@H](O)[C@]12[C@@H]3CC[C@]3(C)[C@@]14O[C@@H]4C(=O)O[C@]3(c1ccoc1C[C@H]1[C@H]3C[C@H]4C=CN5CNC[C@H]5[C@@H]4C[C@H]3CC[C@H]1O)CC#C[C@H]1CC[C@H](Cc3ccccc3)C[C@@H]12. The molecule has 4 spiro atoms. The quantitative estimate of drug-likeness (QED) is 0.155. The Morgan fingerprint density at radius 2 is 1.73 bits per heavy atom. The summed E-state index contributed by atoms with van der Waals surface area (Å²) in [6, 6.07) is 13.1. The van der Waals surface area contributed by atoms with E-state index in [1.165, 1.54) is 5.56 Å². The molecule has 12 heteroatoms. The number of benzene rings is 1. The van der Waals surface area contributed by atoms with Crippen LogP contribution in [0.4, 0.5) is 0 Å². The number of ketones is 1. The lowest BCUT2D eigenvalue weighted by Crippen LogP contribution is -2.81. The Morgan fingerprint density at radius 3 is 2.56 bits per heavy atom. The van der Waals surface area contributed by atoms with Gasteiger partial charge in [-0.3, -0.25) is 14.9 Å². The zero-order valence-corrected chi connectivity index (χ0v) is 42.9. The standard InChI is InChI=1S/C61H74N2O10/c1-55(2)49-48(65)50(66)60-43-27-35(26-34-10-5-4-6-11-34)13-14-36(43)12-9-22-59(42-19-25-69-46(42)30-41-39-28-38-18-24-63-33-62-31-44(63)40(38)29-37(39)15-16-45(41)64)56(3,61(60)51(71-61)52(67)72-59)23-17-47(60)58(49)32-70-54(68)57(53(58)73-55)20-7-8-21-57/h4-6,10-11,18-19,24-25,35-41,43-45,47,49-51,53,62,64,66H,7-8,13-17,20-23,26-33H2,1-3H3/t35-,36+,37-,38-,39+,40-,41+,43+,44+,45-,47-,49-,50-,51-,53+,56+,58-,59+,60+,61-/m1/s1. The number of cyclic esters (lactones) is 1. The van der Waals surface area contributed by atoms with Crippen molar-refractivity contribution < 1.29 is 48.0 Å². The van der Waals surface area contributed by atoms with E-state index in [0.29, 0.717) is 74.0 Å². The van der Waals surface area contributed by atoms with Gasteiger partial charge in [-0.05, 0) is 156 Å². The molecule has 1 aromatic carbocycles. The molecule has 7 heterocycles. The summed E-state index contributed by atoms with van der Waals surface area (Å²) in [7, 11) is 0. The zero-order valence-electron chi connectivity index (χ0n) is 42.9. The average Bonchev–Trinajstić information content (AvgIpc) is 3.84. The van der Waals surface area contributed by atoms with Crippen molar-refractivity contribution in [3.63, 3.8) is 0 Å². The molecule has 0 unspecified atom stereocenters. The van der Waals surface area contributed by atoms with Crippen molar-refractivity contribution in [1.82, 2.24) is 10.2 Å². The van der Waals surface area contributed by atoms with Crippen molar-refractivity contribution >= 4 is 17.7 Å². The number of esters is 2. The second-order valence-corrected chi connectivity index (χ2v) is 26.8. The van der Waals surface area contributed by atoms with Crippen LogP contribution in [0.25, 0.3) is 0 Å². The maximum atomic E-state index is 16.3. The van der Waals surface area contributed by atoms with Crippen LogP contribution in [0.15, 0.2) is 59.4 Å². The summed E-state index contributed by atoms with van der Waals surface area (Å²) in [6.45, 7) is 8.13. The van der Waals surface area contributed by atoms with E-state index >= 15 is 9.59 Å². The Labute approximate surface area is 429 Å². The van der Waals surface area contributed by atoms with E-state index in [1.807, 2.05) is 26.0 Å². The molecule has 15 rings (SSSR count). The topological polar surface area (TPSA) is 160 Å². The Bertz CT molecular complexity index is 2740. The fourth-order valence-corrected chi connectivity index (χ4v) is 21.4. The first-order valence-electron chi connectivity index (χ1n) is 28.6. The summed E-state index contributed by atoms with van der Waals surface area (Å²) >= 11 is 0. The number of allylic oxidation sites excluding steroid dienone is 1. The van der Waals surface area contributed by atoms with Crippen LogP contribution in [0.2, 0.25) is 0 Å². The molecular weight excluding hydrogens is 921 g/mol. The first-order chi connectivity index (χ1) is 35.2. The third-order valence-electron chi connectivity index (χ3n) is 24.0. The van der Waals surface area contributed by atoms with Gasteiger partial charge in [0.1, 0.15) is 24.1 Å². The number of fused-ring (bicyclic) bond motifs is 6. The second-order valence-electron chi connectivity index (χ2n) is 26.8. The van der Waals surface area contributed by atoms with Crippen LogP contribution in [0.5, 0.6) is 0 Å². The molecule has 13 aliphatic rings. The Hall–Kier alpha value is -3.99. The van der Waals surface area contributed by atoms with Crippen molar-refractivity contribution in [1.29, 1.82) is 0 Å². The summed E-state index contributed by atoms with van der Waals surface area (Å²) in [6.07, 6.45) is 14.8. The summed E-state index contributed by atoms with van der Waals surface area (Å²) in [4.78, 5) is 48.7. The van der Waals surface area contributed by atoms with Crippen LogP contribution in [0.3, 0.4) is 0 Å². The van der Waals surface area contributed by atoms with Crippen LogP contribution >= 0.6 is 0 Å². The molecule has 7 aliphatic carbocycles. The van der Waals surface area contributed by atoms with Gasteiger partial charge in [0.2, 0.25) is 0 Å². The molecule has 1 aromatic heterocycles. The van der Waals surface area contributed by atoms with Gasteiger partial charge in [-0.25, -0.2) is 4.79 Å². The summed E-state index contributed by atoms with van der Waals surface area (Å²) < 4.78 is 35.1. The zero-order chi connectivity index (χ0) is 49.7. The van der Waals surface area contributed by atoms with E-state index < -0.39 is 80.7 Å². The minimum atomic E-state index is -1.52. The second kappa shape index (κ2) is 15.6. The number of hydrogen-bond donors (Lipinski definition) is 3. The van der Waals surface area contributed by atoms with Crippen molar-refractivity contribution in [3.05, 3.63) is 71.8 Å². The number of hydrogen-bond acceptors (Lipinski definition) is 12. The molecule has 388 valence electrons. The third kappa shape index (κ3) is 5.65. The molecule has 12 nitrogen and oxygen atoms in total. The predicted octanol–water partition coefficient (Wildman–Crippen LogP) is 7.43. The van der Waals surface area contributed by atoms with Gasteiger partial charge in [0, 0.05) is 46.7 Å². The molecular formula is C61H74N2O10. The highest BCUT2D eigenvalue weighted by molar-refractivity contribution is 5.93. The molecule has 3 N–H and O–H groups in total. The van der Waals surface area contributed by atoms with E-state index in [4.69, 9.17) is 23.4 Å². The molecule has 73 heavy (non-hydrogen) atoms. The number of nitrogens with zero attached hydrogens (tertiary/aromatic N) is 1. The molecule has 11 fully saturated rings. The lowest BCUT2D eigenvalue weighted by molar-refractivity contribution is -0.301. The van der Waals surface area contributed by atoms with Crippen molar-refractivity contribution in [2.24, 2.45) is 80.8 Å². The molecule has 4 bridgehead atoms. The Balaban J connectivity index is 0.891. The van der Waals surface area contributed by atoms with Crippen LogP contribution in [0.1, 0.15) is 128 Å². The van der Waals surface area contributed by atoms with Crippen molar-refractivity contribution in [2.45, 2.75) is 171 Å². The van der Waals surface area contributed by atoms with Crippen molar-refractivity contribution in [2.75, 3.05) is 19.8 Å². The molecule has 2 aromatic rings. The Kier molecular flexibility index (Phi) is 9.89. The molecule has 0 radical (unpaired) electrons. The van der Waals surface area contributed by atoms with Crippen LogP contribution in [0, 0.1) is 92.7 Å². The minimum absolute atomic E-state index is 0.0196. The van der Waals surface area contributed by atoms with Crippen LogP contribution in [-0.2, 0) is 51.8 Å². The van der Waals surface area contributed by atoms with E-state index in [0.717, 1.165) is 76.6 Å². The van der Waals surface area contributed by atoms with E-state index in [1.54, 1.807) is 6.26 Å². The number of epoxide rings is 1. The highest BCUT2D eigenvalue weighted by Crippen LogP contribution is 2.85. The number of rotatable bonds is 5. The van der Waals surface area contributed by atoms with Crippen LogP contribution in [-0.4, -0.2) is 94.3 Å². The molecule has 6 saturated carbocycles. The summed E-state index contributed by atoms with van der Waals surface area (Å²) in [5.74, 6) is 7.58. The van der Waals surface area contributed by atoms with Gasteiger partial charge in [-0.1, -0.05) is 68.0 Å². The highest BCUT2D eigenvalue weighted by atomic mass is 16.7. The average molecular weight is 995 g/mol. The van der Waals surface area contributed by atoms with Crippen LogP contribution < -0.4 is 5.32 Å². The summed E-state index contributed by atoms with van der Waals surface area (Å²) in [5.41, 5.74) is -5.96. The molecule has 6 aliphatic heterocycles. The van der Waals surface area contributed by atoms with Gasteiger partial charge >= 0.3 is 11.9 Å². The number of carbonyl (C=O) groups excluding carboxylic acids is 3. The lowest BCUT2D eigenvalue weighted by Gasteiger charge is -2.72. The number of aliphatic hydroxyl groups is 2. The lowest BCUT2D eigenvalue weighted by atomic mass is 9.30. The number of ether oxygens (including phenoxy) is 4. The van der Waals surface area contributed by atoms with E-state index in [9.17, 15) is 15.0 Å². The van der Waals surface area contributed by atoms with Crippen molar-refractivity contribution in [3.8, 4) is 11.8 Å². The first-order valence-corrected chi connectivity index (χ1v) is 28.6. The number of Topliss-reactive ketones (excluding diaryl/α,β-unsaturated/α-hetero) is 1. The van der Waals surface area contributed by atoms with E-state index in [2.05, 4.69) is 65.5 Å². The van der Waals surface area contributed by atoms with Gasteiger partial charge in [0.05, 0.1) is 48.5 Å². The third-order valence-corrected chi connectivity index (χ3v) is 24.0. The van der Waals surface area contributed by atoms with Gasteiger partial charge in [-0.2, -0.15) is 0 Å². The molecule has 0 amide bonds. The Morgan fingerprint density at radius 1 is 0.890 bits per heavy atom. The first kappa shape index (κ1) is 46.3. The number of aliphatic hydroxyl groups excluding tert-OH is 2. The fourth-order valence-electron chi connectivity index (χ4n) is 21.4. The summed E-state index contributed by atoms with van der Waals surface area (Å²) in [5, 5.41) is 29.7. The predicted molar refractivity (Wildman–Crippen MR) is 265 cm³/mol. The van der Waals surface area contributed by atoms with Gasteiger partial charge < -0.3 is 38.5 Å². The maximum absolute atomic E-state index is 16.3. The minimum Gasteiger partial charge on any atom is -0.469 e.